The molecule has 130 valence electrons. The molecule has 1 N–H and O–H groups in total. The lowest BCUT2D eigenvalue weighted by Gasteiger charge is -2.21. The number of nitrogens with one attached hydrogen (secondary N) is 1. The van der Waals surface area contributed by atoms with E-state index in [0.717, 1.165) is 18.4 Å². The summed E-state index contributed by atoms with van der Waals surface area (Å²) in [6.07, 6.45) is 6.44. The molecule has 1 heterocycles. The van der Waals surface area contributed by atoms with E-state index in [2.05, 4.69) is 10.3 Å². The van der Waals surface area contributed by atoms with Gasteiger partial charge in [-0.05, 0) is 37.3 Å². The molecule has 6 nitrogen and oxygen atoms in total. The number of aromatic nitrogens is 1. The summed E-state index contributed by atoms with van der Waals surface area (Å²) in [5, 5.41) is 2.75. The van der Waals surface area contributed by atoms with E-state index < -0.39 is 12.0 Å². The predicted molar refractivity (Wildman–Crippen MR) is 88.0 cm³/mol. The van der Waals surface area contributed by atoms with Crippen molar-refractivity contribution in [3.8, 4) is 0 Å². The third kappa shape index (κ3) is 4.88. The van der Waals surface area contributed by atoms with Crippen LogP contribution in [0.25, 0.3) is 0 Å². The first-order valence-corrected chi connectivity index (χ1v) is 8.31. The second-order valence-electron chi connectivity index (χ2n) is 6.34. The molecule has 0 saturated heterocycles. The minimum atomic E-state index is -0.772. The van der Waals surface area contributed by atoms with Gasteiger partial charge in [-0.1, -0.05) is 13.0 Å². The monoisotopic (exact) mass is 332 g/mol. The first-order valence-electron chi connectivity index (χ1n) is 8.31. The number of carbonyl (C=O) groups is 3. The van der Waals surface area contributed by atoms with Crippen LogP contribution in [0.1, 0.15) is 38.2 Å². The molecule has 1 aromatic heterocycles. The number of ketones is 1. The Hall–Kier alpha value is -2.24. The van der Waals surface area contributed by atoms with E-state index in [9.17, 15) is 14.4 Å². The molecule has 0 radical (unpaired) electrons. The second-order valence-corrected chi connectivity index (χ2v) is 6.34. The fourth-order valence-corrected chi connectivity index (χ4v) is 3.06. The summed E-state index contributed by atoms with van der Waals surface area (Å²) in [6, 6.07) is 2.96. The predicted octanol–water partition coefficient (Wildman–Crippen LogP) is 1.68. The van der Waals surface area contributed by atoms with Crippen LogP contribution in [0.3, 0.4) is 0 Å². The number of nitrogens with zero attached hydrogens (tertiary/aromatic N) is 1. The number of hydrogen-bond acceptors (Lipinski definition) is 5. The van der Waals surface area contributed by atoms with Crippen LogP contribution in [0.2, 0.25) is 0 Å². The summed E-state index contributed by atoms with van der Waals surface area (Å²) in [5.74, 6) is -1.03. The Balaban J connectivity index is 1.95. The Labute approximate surface area is 142 Å². The molecule has 3 atom stereocenters. The highest BCUT2D eigenvalue weighted by molar-refractivity contribution is 5.87. The molecule has 0 unspecified atom stereocenters. The SMILES string of the molecule is COC(=O)[C@H](C[C@@H]1CCCC1=O)NC(=O)[C@@H](C)Cc1cccnc1. The molecule has 0 aromatic carbocycles. The number of carbonyl (C=O) groups excluding carboxylic acids is 3. The molecule has 1 saturated carbocycles. The zero-order chi connectivity index (χ0) is 17.5. The van der Waals surface area contributed by atoms with Crippen molar-refractivity contribution < 1.29 is 19.1 Å². The number of ether oxygens (including phenoxy) is 1. The Kier molecular flexibility index (Phi) is 6.46. The van der Waals surface area contributed by atoms with E-state index in [0.29, 0.717) is 19.3 Å². The molecule has 24 heavy (non-hydrogen) atoms. The van der Waals surface area contributed by atoms with Crippen molar-refractivity contribution in [3.63, 3.8) is 0 Å². The van der Waals surface area contributed by atoms with Gasteiger partial charge in [-0.15, -0.1) is 0 Å². The lowest BCUT2D eigenvalue weighted by atomic mass is 9.96. The van der Waals surface area contributed by atoms with E-state index in [1.807, 2.05) is 12.1 Å². The van der Waals surface area contributed by atoms with Gasteiger partial charge in [0.1, 0.15) is 11.8 Å². The molecule has 6 heteroatoms. The summed E-state index contributed by atoms with van der Waals surface area (Å²) < 4.78 is 4.78. The van der Waals surface area contributed by atoms with E-state index in [-0.39, 0.29) is 23.5 Å². The maximum Gasteiger partial charge on any atom is 0.328 e. The Morgan fingerprint density at radius 2 is 2.25 bits per heavy atom. The first kappa shape index (κ1) is 18.1. The molecular weight excluding hydrogens is 308 g/mol. The van der Waals surface area contributed by atoms with E-state index in [1.165, 1.54) is 7.11 Å². The lowest BCUT2D eigenvalue weighted by Crippen LogP contribution is -2.45. The Bertz CT molecular complexity index is 588. The van der Waals surface area contributed by atoms with Crippen molar-refractivity contribution in [2.75, 3.05) is 7.11 Å². The molecule has 2 rings (SSSR count). The number of esters is 1. The Morgan fingerprint density at radius 3 is 2.83 bits per heavy atom. The van der Waals surface area contributed by atoms with Crippen LogP contribution in [0.5, 0.6) is 0 Å². The molecular formula is C18H24N2O4. The topological polar surface area (TPSA) is 85.4 Å². The van der Waals surface area contributed by atoms with Crippen molar-refractivity contribution in [2.24, 2.45) is 11.8 Å². The van der Waals surface area contributed by atoms with Crippen molar-refractivity contribution >= 4 is 17.7 Å². The molecule has 0 aliphatic heterocycles. The minimum Gasteiger partial charge on any atom is -0.467 e. The summed E-state index contributed by atoms with van der Waals surface area (Å²) in [5.41, 5.74) is 0.959. The van der Waals surface area contributed by atoms with Gasteiger partial charge in [0, 0.05) is 30.7 Å². The van der Waals surface area contributed by atoms with Gasteiger partial charge in [-0.3, -0.25) is 14.6 Å². The van der Waals surface area contributed by atoms with Crippen LogP contribution in [-0.2, 0) is 25.5 Å². The lowest BCUT2D eigenvalue weighted by molar-refractivity contribution is -0.146. The molecule has 1 fully saturated rings. The van der Waals surface area contributed by atoms with Gasteiger partial charge >= 0.3 is 5.97 Å². The number of Topliss-reactive ketones (excluding diaryl/α,β-unsaturated/α-hetero) is 1. The van der Waals surface area contributed by atoms with Gasteiger partial charge in [0.2, 0.25) is 5.91 Å². The van der Waals surface area contributed by atoms with Gasteiger partial charge in [0.25, 0.3) is 0 Å². The molecule has 1 amide bonds. The summed E-state index contributed by atoms with van der Waals surface area (Å²) in [4.78, 5) is 40.2. The quantitative estimate of drug-likeness (QED) is 0.768. The largest absolute Gasteiger partial charge is 0.467 e. The van der Waals surface area contributed by atoms with Gasteiger partial charge < -0.3 is 10.1 Å². The molecule has 1 aliphatic rings. The van der Waals surface area contributed by atoms with Crippen molar-refractivity contribution in [3.05, 3.63) is 30.1 Å². The zero-order valence-corrected chi connectivity index (χ0v) is 14.2. The third-order valence-electron chi connectivity index (χ3n) is 4.47. The highest BCUT2D eigenvalue weighted by atomic mass is 16.5. The van der Waals surface area contributed by atoms with Gasteiger partial charge in [0.15, 0.2) is 0 Å². The molecule has 1 aliphatic carbocycles. The van der Waals surface area contributed by atoms with Crippen LogP contribution in [0, 0.1) is 11.8 Å². The highest BCUT2D eigenvalue weighted by Crippen LogP contribution is 2.26. The van der Waals surface area contributed by atoms with Gasteiger partial charge in [-0.25, -0.2) is 4.79 Å². The van der Waals surface area contributed by atoms with Gasteiger partial charge in [0.05, 0.1) is 7.11 Å². The van der Waals surface area contributed by atoms with E-state index >= 15 is 0 Å². The molecule has 0 bridgehead atoms. The van der Waals surface area contributed by atoms with Gasteiger partial charge in [-0.2, -0.15) is 0 Å². The number of methoxy groups -OCH3 is 1. The van der Waals surface area contributed by atoms with Crippen LogP contribution < -0.4 is 5.32 Å². The summed E-state index contributed by atoms with van der Waals surface area (Å²) in [6.45, 7) is 1.80. The van der Waals surface area contributed by atoms with Crippen LogP contribution in [0.4, 0.5) is 0 Å². The summed E-state index contributed by atoms with van der Waals surface area (Å²) in [7, 11) is 1.29. The normalized spacial score (nSPS) is 19.6. The fourth-order valence-electron chi connectivity index (χ4n) is 3.06. The Morgan fingerprint density at radius 1 is 1.46 bits per heavy atom. The van der Waals surface area contributed by atoms with E-state index in [4.69, 9.17) is 4.74 Å². The maximum atomic E-state index is 12.4. The first-order chi connectivity index (χ1) is 11.5. The van der Waals surface area contributed by atoms with Crippen molar-refractivity contribution in [2.45, 2.75) is 45.1 Å². The standard InChI is InChI=1S/C18H24N2O4/c1-12(9-13-5-4-8-19-11-13)17(22)20-15(18(23)24-2)10-14-6-3-7-16(14)21/h4-5,8,11-12,14-15H,3,6-7,9-10H2,1-2H3,(H,20,22)/t12-,14-,15-/m0/s1. The van der Waals surface area contributed by atoms with Crippen LogP contribution in [-0.4, -0.2) is 35.8 Å². The average molecular weight is 332 g/mol. The minimum absolute atomic E-state index is 0.164. The summed E-state index contributed by atoms with van der Waals surface area (Å²) >= 11 is 0. The van der Waals surface area contributed by atoms with Crippen molar-refractivity contribution in [1.82, 2.24) is 10.3 Å². The smallest absolute Gasteiger partial charge is 0.328 e. The molecule has 1 aromatic rings. The number of amides is 1. The van der Waals surface area contributed by atoms with Crippen molar-refractivity contribution in [1.29, 1.82) is 0 Å². The fraction of sp³-hybridized carbons (Fsp3) is 0.556. The third-order valence-corrected chi connectivity index (χ3v) is 4.47. The maximum absolute atomic E-state index is 12.4. The second kappa shape index (κ2) is 8.57. The van der Waals surface area contributed by atoms with Crippen LogP contribution >= 0.6 is 0 Å². The number of pyridine rings is 1. The highest BCUT2D eigenvalue weighted by Gasteiger charge is 2.32. The zero-order valence-electron chi connectivity index (χ0n) is 14.2. The van der Waals surface area contributed by atoms with E-state index in [1.54, 1.807) is 19.3 Å². The average Bonchev–Trinajstić information content (AvgIpc) is 2.99. The number of rotatable bonds is 7. The number of hydrogen-bond donors (Lipinski definition) is 1. The molecule has 0 spiro atoms. The van der Waals surface area contributed by atoms with Crippen LogP contribution in [0.15, 0.2) is 24.5 Å².